The number of carbonyl (C=O) groups excluding carboxylic acids is 2. The number of nitrogens with zero attached hydrogens (tertiary/aromatic N) is 3. The Kier molecular flexibility index (Phi) is 5.45. The van der Waals surface area contributed by atoms with Crippen LogP contribution in [0.15, 0.2) is 67.0 Å². The van der Waals surface area contributed by atoms with Crippen LogP contribution < -0.4 is 15.6 Å². The summed E-state index contributed by atoms with van der Waals surface area (Å²) in [5.41, 5.74) is 5.96. The summed E-state index contributed by atoms with van der Waals surface area (Å²) in [4.78, 5) is 23.9. The van der Waals surface area contributed by atoms with E-state index in [-0.39, 0.29) is 12.2 Å². The van der Waals surface area contributed by atoms with Crippen molar-refractivity contribution < 1.29 is 14.3 Å². The molecule has 27 heavy (non-hydrogen) atoms. The molecule has 0 saturated carbocycles. The molecule has 0 aliphatic carbocycles. The third-order valence-electron chi connectivity index (χ3n) is 3.55. The Balaban J connectivity index is 1.51. The van der Waals surface area contributed by atoms with Crippen LogP contribution in [0.4, 0.5) is 0 Å². The number of carbonyl (C=O) groups is 2. The second kappa shape index (κ2) is 8.31. The number of para-hydroxylation sites is 2. The number of aromatic nitrogens is 2. The van der Waals surface area contributed by atoms with Gasteiger partial charge in [0.05, 0.1) is 23.0 Å². The van der Waals surface area contributed by atoms with Crippen molar-refractivity contribution in [3.8, 4) is 17.5 Å². The van der Waals surface area contributed by atoms with E-state index in [9.17, 15) is 9.59 Å². The second-order valence-corrected chi connectivity index (χ2v) is 5.41. The number of hydrogen-bond donors (Lipinski definition) is 2. The Morgan fingerprint density at radius 2 is 1.81 bits per heavy atom. The Labute approximate surface area is 155 Å². The first-order valence-corrected chi connectivity index (χ1v) is 7.98. The van der Waals surface area contributed by atoms with E-state index in [4.69, 9.17) is 10.00 Å². The van der Waals surface area contributed by atoms with Crippen molar-refractivity contribution in [2.24, 2.45) is 0 Å². The molecule has 2 amide bonds. The topological polar surface area (TPSA) is 109 Å². The Bertz CT molecular complexity index is 992. The normalized spacial score (nSPS) is 9.89. The summed E-state index contributed by atoms with van der Waals surface area (Å²) in [6.07, 6.45) is 2.95. The van der Waals surface area contributed by atoms with E-state index in [1.807, 2.05) is 36.4 Å². The third kappa shape index (κ3) is 4.49. The zero-order valence-electron chi connectivity index (χ0n) is 14.1. The van der Waals surface area contributed by atoms with Crippen LogP contribution in [0.5, 0.6) is 5.75 Å². The fourth-order valence-electron chi connectivity index (χ4n) is 2.22. The molecule has 2 aromatic carbocycles. The van der Waals surface area contributed by atoms with Gasteiger partial charge < -0.3 is 4.74 Å². The summed E-state index contributed by atoms with van der Waals surface area (Å²) in [6, 6.07) is 17.8. The average Bonchev–Trinajstić information content (AvgIpc) is 3.21. The number of nitriles is 1. The summed E-state index contributed by atoms with van der Waals surface area (Å²) >= 11 is 0. The highest BCUT2D eigenvalue weighted by Crippen LogP contribution is 2.16. The summed E-state index contributed by atoms with van der Waals surface area (Å²) in [6.45, 7) is -0.345. The molecule has 3 rings (SSSR count). The van der Waals surface area contributed by atoms with Crippen molar-refractivity contribution in [1.29, 1.82) is 5.26 Å². The Hall–Kier alpha value is -4.12. The van der Waals surface area contributed by atoms with E-state index in [0.29, 0.717) is 11.3 Å². The Morgan fingerprint density at radius 1 is 1.07 bits per heavy atom. The predicted molar refractivity (Wildman–Crippen MR) is 95.8 cm³/mol. The largest absolute Gasteiger partial charge is 0.482 e. The maximum atomic E-state index is 12.1. The molecular formula is C19H15N5O3. The van der Waals surface area contributed by atoms with Crippen LogP contribution >= 0.6 is 0 Å². The first-order chi connectivity index (χ1) is 13.2. The quantitative estimate of drug-likeness (QED) is 0.671. The molecule has 0 saturated heterocycles. The number of hydrogen-bond acceptors (Lipinski definition) is 5. The van der Waals surface area contributed by atoms with Gasteiger partial charge in [0.25, 0.3) is 11.8 Å². The van der Waals surface area contributed by atoms with Crippen LogP contribution in [0.1, 0.15) is 15.9 Å². The molecule has 0 aliphatic heterocycles. The highest BCUT2D eigenvalue weighted by atomic mass is 16.5. The monoisotopic (exact) mass is 361 g/mol. The van der Waals surface area contributed by atoms with E-state index >= 15 is 0 Å². The zero-order chi connectivity index (χ0) is 19.1. The van der Waals surface area contributed by atoms with Crippen LogP contribution in [-0.4, -0.2) is 28.2 Å². The lowest BCUT2D eigenvalue weighted by Crippen LogP contribution is -2.43. The second-order valence-electron chi connectivity index (χ2n) is 5.41. The SMILES string of the molecule is N#Cc1ccccc1OCC(=O)NNC(=O)c1cnn(-c2ccccc2)c1. The first-order valence-electron chi connectivity index (χ1n) is 7.98. The molecule has 2 N–H and O–H groups in total. The van der Waals surface area contributed by atoms with Gasteiger partial charge in [0.15, 0.2) is 6.61 Å². The minimum absolute atomic E-state index is 0.287. The maximum Gasteiger partial charge on any atom is 0.276 e. The van der Waals surface area contributed by atoms with E-state index in [0.717, 1.165) is 5.69 Å². The highest BCUT2D eigenvalue weighted by Gasteiger charge is 2.11. The van der Waals surface area contributed by atoms with Gasteiger partial charge >= 0.3 is 0 Å². The van der Waals surface area contributed by atoms with Crippen LogP contribution in [-0.2, 0) is 4.79 Å². The fourth-order valence-corrected chi connectivity index (χ4v) is 2.22. The average molecular weight is 361 g/mol. The van der Waals surface area contributed by atoms with Gasteiger partial charge in [-0.1, -0.05) is 30.3 Å². The summed E-state index contributed by atoms with van der Waals surface area (Å²) < 4.78 is 6.84. The molecular weight excluding hydrogens is 346 g/mol. The smallest absolute Gasteiger partial charge is 0.276 e. The molecule has 0 unspecified atom stereocenters. The standard InChI is InChI=1S/C19H15N5O3/c20-10-14-6-4-5-9-17(14)27-13-18(25)22-23-19(26)15-11-21-24(12-15)16-7-2-1-3-8-16/h1-9,11-12H,13H2,(H,22,25)(H,23,26). The van der Waals surface area contributed by atoms with Crippen LogP contribution in [0.25, 0.3) is 5.69 Å². The molecule has 1 aromatic heterocycles. The van der Waals surface area contributed by atoms with Gasteiger partial charge in [0.1, 0.15) is 11.8 Å². The minimum atomic E-state index is -0.563. The molecule has 8 heteroatoms. The number of hydrazine groups is 1. The molecule has 134 valence electrons. The number of amides is 2. The molecule has 0 aliphatic rings. The lowest BCUT2D eigenvalue weighted by Gasteiger charge is -2.09. The van der Waals surface area contributed by atoms with Gasteiger partial charge in [-0.25, -0.2) is 4.68 Å². The number of nitrogens with one attached hydrogen (secondary N) is 2. The molecule has 0 spiro atoms. The summed E-state index contributed by atoms with van der Waals surface area (Å²) in [5, 5.41) is 13.1. The van der Waals surface area contributed by atoms with Crippen LogP contribution in [0.2, 0.25) is 0 Å². The molecule has 8 nitrogen and oxygen atoms in total. The number of ether oxygens (including phenoxy) is 1. The summed E-state index contributed by atoms with van der Waals surface area (Å²) in [7, 11) is 0. The zero-order valence-corrected chi connectivity index (χ0v) is 14.1. The molecule has 1 heterocycles. The first kappa shape index (κ1) is 17.7. The van der Waals surface area contributed by atoms with Gasteiger partial charge in [-0.2, -0.15) is 10.4 Å². The van der Waals surface area contributed by atoms with Gasteiger partial charge in [-0.3, -0.25) is 20.4 Å². The van der Waals surface area contributed by atoms with Crippen molar-refractivity contribution in [3.05, 3.63) is 78.1 Å². The minimum Gasteiger partial charge on any atom is -0.482 e. The van der Waals surface area contributed by atoms with Gasteiger partial charge in [0, 0.05) is 6.20 Å². The van der Waals surface area contributed by atoms with Crippen LogP contribution in [0, 0.1) is 11.3 Å². The van der Waals surface area contributed by atoms with Gasteiger partial charge in [-0.05, 0) is 24.3 Å². The lowest BCUT2D eigenvalue weighted by atomic mass is 10.2. The van der Waals surface area contributed by atoms with Crippen molar-refractivity contribution in [1.82, 2.24) is 20.6 Å². The molecule has 3 aromatic rings. The van der Waals surface area contributed by atoms with E-state index in [1.165, 1.54) is 6.20 Å². The molecule has 0 atom stereocenters. The fraction of sp³-hybridized carbons (Fsp3) is 0.0526. The number of rotatable bonds is 5. The molecule has 0 bridgehead atoms. The lowest BCUT2D eigenvalue weighted by molar-refractivity contribution is -0.123. The van der Waals surface area contributed by atoms with Crippen LogP contribution in [0.3, 0.4) is 0 Å². The predicted octanol–water partition coefficient (Wildman–Crippen LogP) is 1.58. The Morgan fingerprint density at radius 3 is 2.59 bits per heavy atom. The summed E-state index contributed by atoms with van der Waals surface area (Å²) in [5.74, 6) is -0.778. The van der Waals surface area contributed by atoms with E-state index < -0.39 is 11.8 Å². The maximum absolute atomic E-state index is 12.1. The van der Waals surface area contributed by atoms with Gasteiger partial charge in [0.2, 0.25) is 0 Å². The van der Waals surface area contributed by atoms with Crippen molar-refractivity contribution in [3.63, 3.8) is 0 Å². The van der Waals surface area contributed by atoms with Crippen molar-refractivity contribution in [2.75, 3.05) is 6.61 Å². The van der Waals surface area contributed by atoms with Crippen molar-refractivity contribution >= 4 is 11.8 Å². The highest BCUT2D eigenvalue weighted by molar-refractivity contribution is 5.95. The van der Waals surface area contributed by atoms with E-state index in [1.54, 1.807) is 35.1 Å². The van der Waals surface area contributed by atoms with Gasteiger partial charge in [-0.15, -0.1) is 0 Å². The van der Waals surface area contributed by atoms with Crippen molar-refractivity contribution in [2.45, 2.75) is 0 Å². The molecule has 0 radical (unpaired) electrons. The van der Waals surface area contributed by atoms with E-state index in [2.05, 4.69) is 16.0 Å². The number of benzene rings is 2. The third-order valence-corrected chi connectivity index (χ3v) is 3.55. The molecule has 0 fully saturated rings.